The van der Waals surface area contributed by atoms with Crippen LogP contribution in [-0.2, 0) is 16.6 Å². The van der Waals surface area contributed by atoms with Gasteiger partial charge >= 0.3 is 0 Å². The second kappa shape index (κ2) is 9.62. The highest BCUT2D eigenvalue weighted by Crippen LogP contribution is 2.28. The highest BCUT2D eigenvalue weighted by molar-refractivity contribution is 7.92. The van der Waals surface area contributed by atoms with Crippen LogP contribution in [0.4, 0.5) is 5.69 Å². The molecule has 4 rings (SSSR count). The summed E-state index contributed by atoms with van der Waals surface area (Å²) in [5.41, 5.74) is 2.28. The quantitative estimate of drug-likeness (QED) is 0.523. The molecule has 1 aromatic heterocycles. The maximum atomic E-state index is 13.0. The lowest BCUT2D eigenvalue weighted by Gasteiger charge is -2.19. The van der Waals surface area contributed by atoms with E-state index in [1.165, 1.54) is 38.4 Å². The molecule has 2 N–H and O–H groups in total. The van der Waals surface area contributed by atoms with Gasteiger partial charge in [-0.25, -0.2) is 18.1 Å². The van der Waals surface area contributed by atoms with Crippen molar-refractivity contribution in [2.45, 2.75) is 56.5 Å². The van der Waals surface area contributed by atoms with E-state index < -0.39 is 10.0 Å². The zero-order valence-electron chi connectivity index (χ0n) is 17.7. The average molecular weight is 440 g/mol. The molecular weight excluding hydrogens is 410 g/mol. The first-order chi connectivity index (χ1) is 15.0. The third-order valence-corrected chi connectivity index (χ3v) is 7.28. The monoisotopic (exact) mass is 439 g/mol. The second-order valence-electron chi connectivity index (χ2n) is 8.26. The molecule has 1 aliphatic rings. The summed E-state index contributed by atoms with van der Waals surface area (Å²) in [5, 5.41) is 7.62. The van der Waals surface area contributed by atoms with Gasteiger partial charge in [-0.2, -0.15) is 5.10 Å². The predicted molar refractivity (Wildman–Crippen MR) is 121 cm³/mol. The lowest BCUT2D eigenvalue weighted by molar-refractivity contribution is 0.404. The number of anilines is 1. The topological polar surface area (TPSA) is 88.9 Å². The van der Waals surface area contributed by atoms with Crippen molar-refractivity contribution >= 4 is 15.7 Å². The van der Waals surface area contributed by atoms with Crippen molar-refractivity contribution in [3.63, 3.8) is 0 Å². The number of para-hydroxylation sites is 1. The van der Waals surface area contributed by atoms with E-state index in [0.29, 0.717) is 18.3 Å². The summed E-state index contributed by atoms with van der Waals surface area (Å²) >= 11 is 0. The fraction of sp³-hybridized carbons (Fsp3) is 0.391. The SMILES string of the molecule is C[C@@H](CC1CCCC1)NCc1ccccc1NS(=O)(=O)c1ccc(-n2cncn2)cc1. The maximum absolute atomic E-state index is 13.0. The number of nitrogens with zero attached hydrogens (tertiary/aromatic N) is 3. The number of aromatic nitrogens is 3. The summed E-state index contributed by atoms with van der Waals surface area (Å²) < 4.78 is 30.2. The Kier molecular flexibility index (Phi) is 6.67. The standard InChI is InChI=1S/C23H29N5O2S/c1-18(14-19-6-2-3-7-19)25-15-20-8-4-5-9-23(20)27-31(29,30)22-12-10-21(11-13-22)28-17-24-16-26-28/h4-5,8-13,16-19,25,27H,2-3,6-7,14-15H2,1H3/t18-/m0/s1. The highest BCUT2D eigenvalue weighted by Gasteiger charge is 2.19. The largest absolute Gasteiger partial charge is 0.310 e. The number of nitrogens with one attached hydrogen (secondary N) is 2. The molecule has 0 bridgehead atoms. The molecule has 0 saturated heterocycles. The third-order valence-electron chi connectivity index (χ3n) is 5.89. The molecule has 1 saturated carbocycles. The molecule has 1 heterocycles. The van der Waals surface area contributed by atoms with Gasteiger partial charge in [0.05, 0.1) is 16.3 Å². The minimum Gasteiger partial charge on any atom is -0.310 e. The Balaban J connectivity index is 1.42. The normalized spacial score (nSPS) is 15.8. The van der Waals surface area contributed by atoms with Gasteiger partial charge in [-0.05, 0) is 55.2 Å². The van der Waals surface area contributed by atoms with Crippen LogP contribution >= 0.6 is 0 Å². The van der Waals surface area contributed by atoms with Gasteiger partial charge in [0.15, 0.2) is 0 Å². The summed E-state index contributed by atoms with van der Waals surface area (Å²) in [6, 6.07) is 14.5. The van der Waals surface area contributed by atoms with Crippen LogP contribution in [0.25, 0.3) is 5.69 Å². The molecule has 0 amide bonds. The van der Waals surface area contributed by atoms with Crippen molar-refractivity contribution in [1.82, 2.24) is 20.1 Å². The van der Waals surface area contributed by atoms with E-state index in [1.807, 2.05) is 18.2 Å². The first-order valence-electron chi connectivity index (χ1n) is 10.8. The van der Waals surface area contributed by atoms with Gasteiger partial charge in [-0.15, -0.1) is 0 Å². The minimum atomic E-state index is -3.70. The predicted octanol–water partition coefficient (Wildman–Crippen LogP) is 4.13. The van der Waals surface area contributed by atoms with Gasteiger partial charge < -0.3 is 5.32 Å². The van der Waals surface area contributed by atoms with E-state index in [2.05, 4.69) is 27.0 Å². The smallest absolute Gasteiger partial charge is 0.261 e. The molecule has 0 aliphatic heterocycles. The van der Waals surface area contributed by atoms with Crippen LogP contribution < -0.4 is 10.0 Å². The Morgan fingerprint density at radius 3 is 2.55 bits per heavy atom. The Labute approximate surface area is 184 Å². The summed E-state index contributed by atoms with van der Waals surface area (Å²) in [6.07, 6.45) is 9.54. The lowest BCUT2D eigenvalue weighted by Crippen LogP contribution is -2.28. The molecule has 0 radical (unpaired) electrons. The van der Waals surface area contributed by atoms with E-state index in [0.717, 1.165) is 17.2 Å². The molecule has 0 spiro atoms. The third kappa shape index (κ3) is 5.51. The van der Waals surface area contributed by atoms with Gasteiger partial charge in [-0.3, -0.25) is 4.72 Å². The van der Waals surface area contributed by atoms with Crippen molar-refractivity contribution in [3.05, 3.63) is 66.7 Å². The number of sulfonamides is 1. The molecule has 1 aliphatic carbocycles. The molecule has 8 heteroatoms. The number of rotatable bonds is 9. The van der Waals surface area contributed by atoms with Crippen molar-refractivity contribution in [1.29, 1.82) is 0 Å². The van der Waals surface area contributed by atoms with Crippen LogP contribution in [-0.4, -0.2) is 29.2 Å². The van der Waals surface area contributed by atoms with Crippen molar-refractivity contribution in [2.75, 3.05) is 4.72 Å². The molecule has 1 atom stereocenters. The highest BCUT2D eigenvalue weighted by atomic mass is 32.2. The Hall–Kier alpha value is -2.71. The van der Waals surface area contributed by atoms with Gasteiger partial charge in [0.2, 0.25) is 0 Å². The van der Waals surface area contributed by atoms with Crippen LogP contribution in [0, 0.1) is 5.92 Å². The average Bonchev–Trinajstić information content (AvgIpc) is 3.47. The number of benzene rings is 2. The first-order valence-corrected chi connectivity index (χ1v) is 12.3. The van der Waals surface area contributed by atoms with Crippen molar-refractivity contribution < 1.29 is 8.42 Å². The van der Waals surface area contributed by atoms with Crippen LogP contribution in [0.1, 0.15) is 44.6 Å². The van der Waals surface area contributed by atoms with Gasteiger partial charge in [0.1, 0.15) is 12.7 Å². The Morgan fingerprint density at radius 1 is 1.10 bits per heavy atom. The molecule has 0 unspecified atom stereocenters. The van der Waals surface area contributed by atoms with Crippen LogP contribution in [0.5, 0.6) is 0 Å². The van der Waals surface area contributed by atoms with Crippen LogP contribution in [0.3, 0.4) is 0 Å². The summed E-state index contributed by atoms with van der Waals surface area (Å²) in [5.74, 6) is 0.816. The Morgan fingerprint density at radius 2 is 1.84 bits per heavy atom. The summed E-state index contributed by atoms with van der Waals surface area (Å²) in [7, 11) is -3.70. The van der Waals surface area contributed by atoms with Crippen molar-refractivity contribution in [3.8, 4) is 5.69 Å². The van der Waals surface area contributed by atoms with E-state index in [-0.39, 0.29) is 4.90 Å². The number of hydrogen-bond acceptors (Lipinski definition) is 5. The molecule has 164 valence electrons. The summed E-state index contributed by atoms with van der Waals surface area (Å²) in [6.45, 7) is 2.83. The van der Waals surface area contributed by atoms with E-state index in [9.17, 15) is 8.42 Å². The zero-order chi connectivity index (χ0) is 21.7. The fourth-order valence-electron chi connectivity index (χ4n) is 4.21. The Bertz CT molecular complexity index is 1080. The summed E-state index contributed by atoms with van der Waals surface area (Å²) in [4.78, 5) is 4.11. The van der Waals surface area contributed by atoms with Gasteiger partial charge in [0, 0.05) is 12.6 Å². The van der Waals surface area contributed by atoms with E-state index >= 15 is 0 Å². The maximum Gasteiger partial charge on any atom is 0.261 e. The minimum absolute atomic E-state index is 0.203. The van der Waals surface area contributed by atoms with Crippen LogP contribution in [0.15, 0.2) is 66.1 Å². The van der Waals surface area contributed by atoms with Gasteiger partial charge in [0.25, 0.3) is 10.0 Å². The molecule has 31 heavy (non-hydrogen) atoms. The second-order valence-corrected chi connectivity index (χ2v) is 9.95. The van der Waals surface area contributed by atoms with E-state index in [4.69, 9.17) is 0 Å². The number of hydrogen-bond donors (Lipinski definition) is 2. The fourth-order valence-corrected chi connectivity index (χ4v) is 5.31. The first kappa shape index (κ1) is 21.5. The zero-order valence-corrected chi connectivity index (χ0v) is 18.6. The lowest BCUT2D eigenvalue weighted by atomic mass is 9.99. The van der Waals surface area contributed by atoms with Crippen molar-refractivity contribution in [2.24, 2.45) is 5.92 Å². The molecule has 7 nitrogen and oxygen atoms in total. The van der Waals surface area contributed by atoms with Crippen LogP contribution in [0.2, 0.25) is 0 Å². The molecule has 3 aromatic rings. The molecule has 2 aromatic carbocycles. The van der Waals surface area contributed by atoms with Gasteiger partial charge in [-0.1, -0.05) is 43.9 Å². The van der Waals surface area contributed by atoms with E-state index in [1.54, 1.807) is 41.3 Å². The molecule has 1 fully saturated rings. The molecular formula is C23H29N5O2S.